The van der Waals surface area contributed by atoms with Gasteiger partial charge in [0.05, 0.1) is 0 Å². The number of carbonyl (C=O) groups is 1. The minimum Gasteiger partial charge on any atom is -0.360 e. The van der Waals surface area contributed by atoms with Crippen molar-refractivity contribution >= 4 is 34.6 Å². The van der Waals surface area contributed by atoms with Gasteiger partial charge in [0.2, 0.25) is 5.91 Å². The first kappa shape index (κ1) is 15.4. The number of para-hydroxylation sites is 1. The van der Waals surface area contributed by atoms with Crippen molar-refractivity contribution in [2.45, 2.75) is 4.90 Å². The van der Waals surface area contributed by atoms with Gasteiger partial charge in [0.1, 0.15) is 0 Å². The summed E-state index contributed by atoms with van der Waals surface area (Å²) in [4.78, 5) is 16.3. The molecular weight excluding hydrogens is 304 g/mol. The van der Waals surface area contributed by atoms with Crippen LogP contribution < -0.4 is 5.32 Å². The predicted octanol–water partition coefficient (Wildman–Crippen LogP) is 4.09. The highest BCUT2D eigenvalue weighted by Crippen LogP contribution is 2.27. The van der Waals surface area contributed by atoms with Gasteiger partial charge in [-0.2, -0.15) is 0 Å². The number of nitrogens with one attached hydrogen (secondary N) is 2. The Bertz CT molecular complexity index is 808. The topological polar surface area (TPSA) is 44.9 Å². The second-order valence-corrected chi connectivity index (χ2v) is 6.22. The van der Waals surface area contributed by atoms with Crippen LogP contribution in [0.3, 0.4) is 0 Å². The van der Waals surface area contributed by atoms with Crippen LogP contribution in [0.1, 0.15) is 5.56 Å². The van der Waals surface area contributed by atoms with Crippen LogP contribution in [-0.4, -0.2) is 23.2 Å². The number of fused-ring (bicyclic) bond motifs is 1. The number of aromatic nitrogens is 1. The molecule has 0 aliphatic heterocycles. The Hall–Kier alpha value is -2.46. The summed E-state index contributed by atoms with van der Waals surface area (Å²) in [5.74, 6) is 0.778. The molecule has 3 nitrogen and oxygen atoms in total. The van der Waals surface area contributed by atoms with Crippen molar-refractivity contribution in [2.24, 2.45) is 0 Å². The zero-order valence-electron chi connectivity index (χ0n) is 12.7. The monoisotopic (exact) mass is 322 g/mol. The minimum atomic E-state index is -0.0617. The molecule has 0 fully saturated rings. The molecule has 2 aromatic carbocycles. The van der Waals surface area contributed by atoms with Gasteiger partial charge in [-0.25, -0.2) is 0 Å². The molecule has 0 radical (unpaired) electrons. The lowest BCUT2D eigenvalue weighted by Crippen LogP contribution is -2.23. The number of thioether (sulfide) groups is 1. The molecule has 0 saturated heterocycles. The molecule has 3 aromatic rings. The summed E-state index contributed by atoms with van der Waals surface area (Å²) in [5.41, 5.74) is 2.17. The lowest BCUT2D eigenvalue weighted by atomic mass is 10.2. The number of rotatable bonds is 6. The first-order chi connectivity index (χ1) is 11.3. The third kappa shape index (κ3) is 4.27. The minimum absolute atomic E-state index is 0.0617. The van der Waals surface area contributed by atoms with Crippen LogP contribution in [0.25, 0.3) is 17.0 Å². The second-order valence-electron chi connectivity index (χ2n) is 5.08. The molecule has 0 saturated carbocycles. The number of amides is 1. The Balaban J connectivity index is 1.44. The largest absolute Gasteiger partial charge is 0.360 e. The fraction of sp³-hybridized carbons (Fsp3) is 0.105. The van der Waals surface area contributed by atoms with Crippen LogP contribution in [0.4, 0.5) is 0 Å². The zero-order chi connectivity index (χ0) is 15.9. The lowest BCUT2D eigenvalue weighted by molar-refractivity contribution is -0.116. The lowest BCUT2D eigenvalue weighted by Gasteiger charge is -2.02. The van der Waals surface area contributed by atoms with E-state index in [-0.39, 0.29) is 5.91 Å². The highest BCUT2D eigenvalue weighted by atomic mass is 32.2. The number of H-pyrrole nitrogens is 1. The van der Waals surface area contributed by atoms with Gasteiger partial charge < -0.3 is 10.3 Å². The van der Waals surface area contributed by atoms with Crippen LogP contribution >= 0.6 is 11.8 Å². The Labute approximate surface area is 139 Å². The van der Waals surface area contributed by atoms with E-state index in [0.717, 1.165) is 16.8 Å². The third-order valence-electron chi connectivity index (χ3n) is 3.44. The van der Waals surface area contributed by atoms with Crippen molar-refractivity contribution in [3.05, 3.63) is 72.4 Å². The predicted molar refractivity (Wildman–Crippen MR) is 97.5 cm³/mol. The molecule has 0 atom stereocenters. The number of hydrogen-bond donors (Lipinski definition) is 2. The van der Waals surface area contributed by atoms with Crippen molar-refractivity contribution in [3.63, 3.8) is 0 Å². The van der Waals surface area contributed by atoms with Gasteiger partial charge in [-0.1, -0.05) is 48.5 Å². The van der Waals surface area contributed by atoms with Gasteiger partial charge in [0.15, 0.2) is 0 Å². The molecule has 4 heteroatoms. The Morgan fingerprint density at radius 1 is 1.09 bits per heavy atom. The molecule has 116 valence electrons. The molecule has 1 amide bonds. The molecule has 0 spiro atoms. The molecular formula is C19H18N2OS. The molecule has 1 aromatic heterocycles. The van der Waals surface area contributed by atoms with E-state index in [1.165, 1.54) is 10.3 Å². The standard InChI is InChI=1S/C19H18N2OS/c22-19(11-10-15-6-2-1-3-7-15)20-12-13-23-18-14-21-17-9-5-4-8-16(17)18/h1-11,14,21H,12-13H2,(H,20,22). The van der Waals surface area contributed by atoms with Gasteiger partial charge in [0, 0.05) is 40.4 Å². The van der Waals surface area contributed by atoms with Crippen LogP contribution in [0, 0.1) is 0 Å². The number of carbonyl (C=O) groups excluding carboxylic acids is 1. The first-order valence-electron chi connectivity index (χ1n) is 7.53. The van der Waals surface area contributed by atoms with E-state index < -0.39 is 0 Å². The van der Waals surface area contributed by atoms with Gasteiger partial charge in [-0.05, 0) is 17.7 Å². The average Bonchev–Trinajstić information content (AvgIpc) is 3.01. The summed E-state index contributed by atoms with van der Waals surface area (Å²) in [7, 11) is 0. The fourth-order valence-corrected chi connectivity index (χ4v) is 3.19. The van der Waals surface area contributed by atoms with E-state index in [2.05, 4.69) is 22.4 Å². The van der Waals surface area contributed by atoms with Gasteiger partial charge in [-0.3, -0.25) is 4.79 Å². The summed E-state index contributed by atoms with van der Waals surface area (Å²) in [6.07, 6.45) is 5.42. The Morgan fingerprint density at radius 3 is 2.74 bits per heavy atom. The van der Waals surface area contributed by atoms with E-state index in [1.807, 2.05) is 54.7 Å². The molecule has 0 aliphatic carbocycles. The smallest absolute Gasteiger partial charge is 0.244 e. The maximum atomic E-state index is 11.8. The highest BCUT2D eigenvalue weighted by Gasteiger charge is 2.03. The van der Waals surface area contributed by atoms with Crippen LogP contribution in [0.2, 0.25) is 0 Å². The van der Waals surface area contributed by atoms with Crippen molar-refractivity contribution < 1.29 is 4.79 Å². The molecule has 1 heterocycles. The summed E-state index contributed by atoms with van der Waals surface area (Å²) in [6, 6.07) is 18.0. The molecule has 0 bridgehead atoms. The van der Waals surface area contributed by atoms with E-state index in [0.29, 0.717) is 6.54 Å². The van der Waals surface area contributed by atoms with Crippen molar-refractivity contribution in [2.75, 3.05) is 12.3 Å². The maximum Gasteiger partial charge on any atom is 0.244 e. The highest BCUT2D eigenvalue weighted by molar-refractivity contribution is 7.99. The Morgan fingerprint density at radius 2 is 1.87 bits per heavy atom. The molecule has 0 aliphatic rings. The van der Waals surface area contributed by atoms with Crippen LogP contribution in [-0.2, 0) is 4.79 Å². The van der Waals surface area contributed by atoms with Gasteiger partial charge in [0.25, 0.3) is 0 Å². The zero-order valence-corrected chi connectivity index (χ0v) is 13.5. The van der Waals surface area contributed by atoms with Crippen molar-refractivity contribution in [1.29, 1.82) is 0 Å². The van der Waals surface area contributed by atoms with Crippen LogP contribution in [0.5, 0.6) is 0 Å². The third-order valence-corrected chi connectivity index (χ3v) is 4.49. The van der Waals surface area contributed by atoms with Crippen molar-refractivity contribution in [1.82, 2.24) is 10.3 Å². The first-order valence-corrected chi connectivity index (χ1v) is 8.51. The van der Waals surface area contributed by atoms with E-state index >= 15 is 0 Å². The normalized spacial score (nSPS) is 11.1. The van der Waals surface area contributed by atoms with E-state index in [1.54, 1.807) is 17.8 Å². The molecule has 3 rings (SSSR count). The molecule has 2 N–H and O–H groups in total. The second kappa shape index (κ2) is 7.70. The summed E-state index contributed by atoms with van der Waals surface area (Å²) in [5, 5.41) is 4.14. The quantitative estimate of drug-likeness (QED) is 0.408. The molecule has 0 unspecified atom stereocenters. The molecule has 23 heavy (non-hydrogen) atoms. The summed E-state index contributed by atoms with van der Waals surface area (Å²) in [6.45, 7) is 0.641. The van der Waals surface area contributed by atoms with Crippen molar-refractivity contribution in [3.8, 4) is 0 Å². The SMILES string of the molecule is O=C(C=Cc1ccccc1)NCCSc1c[nH]c2ccccc12. The van der Waals surface area contributed by atoms with Gasteiger partial charge in [-0.15, -0.1) is 11.8 Å². The number of aromatic amines is 1. The fourth-order valence-electron chi connectivity index (χ4n) is 2.29. The number of hydrogen-bond acceptors (Lipinski definition) is 2. The van der Waals surface area contributed by atoms with Crippen LogP contribution in [0.15, 0.2) is 71.8 Å². The Kier molecular flexibility index (Phi) is 5.17. The van der Waals surface area contributed by atoms with Gasteiger partial charge >= 0.3 is 0 Å². The van der Waals surface area contributed by atoms with E-state index in [9.17, 15) is 4.79 Å². The summed E-state index contributed by atoms with van der Waals surface area (Å²) >= 11 is 1.74. The maximum absolute atomic E-state index is 11.8. The van der Waals surface area contributed by atoms with E-state index in [4.69, 9.17) is 0 Å². The number of benzene rings is 2. The average molecular weight is 322 g/mol. The summed E-state index contributed by atoms with van der Waals surface area (Å²) < 4.78 is 0.